The van der Waals surface area contributed by atoms with Crippen LogP contribution in [0.5, 0.6) is 0 Å². The van der Waals surface area contributed by atoms with E-state index in [2.05, 4.69) is 67.0 Å². The van der Waals surface area contributed by atoms with Crippen molar-refractivity contribution in [3.63, 3.8) is 0 Å². The number of ether oxygens (including phenoxy) is 2. The van der Waals surface area contributed by atoms with Crippen molar-refractivity contribution in [2.45, 2.75) is 174 Å². The number of rotatable bonds is 39. The van der Waals surface area contributed by atoms with E-state index in [-0.39, 0.29) is 19.4 Å². The average molecular weight is 809 g/mol. The molecule has 10 nitrogen and oxygen atoms in total. The molecule has 0 fully saturated rings. The molecule has 0 aliphatic carbocycles. The van der Waals surface area contributed by atoms with Crippen LogP contribution in [0.15, 0.2) is 72.9 Å². The van der Waals surface area contributed by atoms with E-state index < -0.39 is 51.8 Å². The molecule has 0 saturated heterocycles. The number of phosphoric acid groups is 1. The van der Waals surface area contributed by atoms with Crippen LogP contribution in [0, 0.1) is 0 Å². The van der Waals surface area contributed by atoms with Gasteiger partial charge in [-0.2, -0.15) is 0 Å². The molecule has 0 aliphatic rings. The fourth-order valence-electron chi connectivity index (χ4n) is 5.36. The molecule has 0 heterocycles. The number of hydrogen-bond donors (Lipinski definition) is 3. The van der Waals surface area contributed by atoms with Gasteiger partial charge in [0.05, 0.1) is 26.2 Å². The fourth-order valence-corrected chi connectivity index (χ4v) is 6.15. The molecule has 56 heavy (non-hydrogen) atoms. The highest BCUT2D eigenvalue weighted by Crippen LogP contribution is 2.43. The molecule has 0 spiro atoms. The second-order valence-electron chi connectivity index (χ2n) is 14.0. The van der Waals surface area contributed by atoms with Gasteiger partial charge in [0.15, 0.2) is 6.10 Å². The summed E-state index contributed by atoms with van der Waals surface area (Å²) in [6.07, 6.45) is 46.1. The van der Waals surface area contributed by atoms with E-state index in [1.807, 2.05) is 18.2 Å². The molecule has 0 aromatic rings. The van der Waals surface area contributed by atoms with Crippen molar-refractivity contribution in [1.29, 1.82) is 0 Å². The van der Waals surface area contributed by atoms with Gasteiger partial charge in [0.1, 0.15) is 12.7 Å². The van der Waals surface area contributed by atoms with E-state index in [9.17, 15) is 24.2 Å². The Labute approximate surface area is 339 Å². The zero-order chi connectivity index (χ0) is 41.2. The lowest BCUT2D eigenvalue weighted by atomic mass is 10.1. The number of unbranched alkanes of at least 4 members (excludes halogenated alkanes) is 14. The zero-order valence-electron chi connectivity index (χ0n) is 34.8. The third-order valence-electron chi connectivity index (χ3n) is 8.63. The third-order valence-corrected chi connectivity index (χ3v) is 9.58. The number of aliphatic hydroxyl groups excluding tert-OH is 2. The van der Waals surface area contributed by atoms with Gasteiger partial charge in [-0.3, -0.25) is 18.6 Å². The summed E-state index contributed by atoms with van der Waals surface area (Å²) in [5.41, 5.74) is 0. The summed E-state index contributed by atoms with van der Waals surface area (Å²) in [5, 5.41) is 18.3. The highest BCUT2D eigenvalue weighted by atomic mass is 31.2. The van der Waals surface area contributed by atoms with Gasteiger partial charge in [-0.25, -0.2) is 4.57 Å². The summed E-state index contributed by atoms with van der Waals surface area (Å²) in [5.74, 6) is -1.08. The van der Waals surface area contributed by atoms with Crippen molar-refractivity contribution in [3.8, 4) is 0 Å². The molecule has 0 saturated carbocycles. The van der Waals surface area contributed by atoms with Crippen LogP contribution in [0.3, 0.4) is 0 Å². The minimum Gasteiger partial charge on any atom is -0.462 e. The maximum atomic E-state index is 12.5. The molecule has 3 N–H and O–H groups in total. The summed E-state index contributed by atoms with van der Waals surface area (Å²) in [6, 6.07) is 0. The number of carbonyl (C=O) groups is 2. The van der Waals surface area contributed by atoms with Gasteiger partial charge in [0.25, 0.3) is 0 Å². The molecule has 0 rings (SSSR count). The second-order valence-corrected chi connectivity index (χ2v) is 15.5. The number of esters is 2. The predicted octanol–water partition coefficient (Wildman–Crippen LogP) is 11.3. The quantitative estimate of drug-likeness (QED) is 0.0237. The molecule has 0 bridgehead atoms. The van der Waals surface area contributed by atoms with Crippen molar-refractivity contribution in [2.24, 2.45) is 0 Å². The molecule has 0 aliphatic heterocycles. The zero-order valence-corrected chi connectivity index (χ0v) is 35.7. The SMILES string of the molecule is CC/C=C\C/C=C\C/C=C\C/C=C\C/C=C\CC(=O)OC(COC(=O)CCCCCCCCC/C=C\CCCCCCCCC)COP(=O)(O)OCC(O)CO. The molecule has 3 atom stereocenters. The Morgan fingerprint density at radius 3 is 1.55 bits per heavy atom. The average Bonchev–Trinajstić information content (AvgIpc) is 3.19. The van der Waals surface area contributed by atoms with Gasteiger partial charge in [-0.15, -0.1) is 0 Å². The van der Waals surface area contributed by atoms with Gasteiger partial charge in [0, 0.05) is 6.42 Å². The molecular formula is C45H77O10P. The van der Waals surface area contributed by atoms with Crippen molar-refractivity contribution in [2.75, 3.05) is 26.4 Å². The summed E-state index contributed by atoms with van der Waals surface area (Å²) >= 11 is 0. The lowest BCUT2D eigenvalue weighted by molar-refractivity contribution is -0.160. The molecule has 0 radical (unpaired) electrons. The Morgan fingerprint density at radius 2 is 1.04 bits per heavy atom. The highest BCUT2D eigenvalue weighted by Gasteiger charge is 2.27. The van der Waals surface area contributed by atoms with Crippen LogP contribution in [0.2, 0.25) is 0 Å². The minimum atomic E-state index is -4.65. The van der Waals surface area contributed by atoms with Crippen LogP contribution in [0.1, 0.15) is 162 Å². The van der Waals surface area contributed by atoms with Gasteiger partial charge < -0.3 is 24.6 Å². The number of phosphoric ester groups is 1. The molecule has 11 heteroatoms. The third kappa shape index (κ3) is 39.6. The normalized spacial score (nSPS) is 14.6. The van der Waals surface area contributed by atoms with Crippen molar-refractivity contribution < 1.29 is 47.8 Å². The topological polar surface area (TPSA) is 149 Å². The van der Waals surface area contributed by atoms with E-state index >= 15 is 0 Å². The molecule has 0 aromatic heterocycles. The Balaban J connectivity index is 4.42. The van der Waals surface area contributed by atoms with Gasteiger partial charge in [-0.1, -0.05) is 157 Å². The Morgan fingerprint density at radius 1 is 0.571 bits per heavy atom. The number of carbonyl (C=O) groups excluding carboxylic acids is 2. The first kappa shape index (κ1) is 53.4. The van der Waals surface area contributed by atoms with Crippen molar-refractivity contribution in [3.05, 3.63) is 72.9 Å². The van der Waals surface area contributed by atoms with Gasteiger partial charge in [-0.05, 0) is 64.2 Å². The van der Waals surface area contributed by atoms with Crippen LogP contribution in [0.4, 0.5) is 0 Å². The number of allylic oxidation sites excluding steroid dienone is 11. The standard InChI is InChI=1S/C45H77O10P/c1-3-5-7-9-11-13-15-17-19-20-21-23-24-26-28-30-32-34-36-44(48)52-40-43(41-54-56(50,51)53-39-42(47)38-46)55-45(49)37-35-33-31-29-27-25-22-18-16-14-12-10-8-6-4-2/h6,8,12,14,18-20,22,27,29,33,35,42-43,46-47H,3-5,7,9-11,13,15-17,21,23-26,28,30-32,34,36-41H2,1-2H3,(H,50,51)/b8-6-,14-12-,20-19-,22-18-,29-27-,35-33-. The Bertz CT molecular complexity index is 1160. The number of hydrogen-bond acceptors (Lipinski definition) is 9. The predicted molar refractivity (Wildman–Crippen MR) is 228 cm³/mol. The van der Waals surface area contributed by atoms with Crippen LogP contribution in [-0.2, 0) is 32.7 Å². The lowest BCUT2D eigenvalue weighted by Gasteiger charge is -2.20. The Hall–Kier alpha value is -2.59. The summed E-state index contributed by atoms with van der Waals surface area (Å²) in [7, 11) is -4.65. The molecule has 0 amide bonds. The van der Waals surface area contributed by atoms with Crippen molar-refractivity contribution >= 4 is 19.8 Å². The first-order valence-electron chi connectivity index (χ1n) is 21.4. The molecule has 322 valence electrons. The summed E-state index contributed by atoms with van der Waals surface area (Å²) in [6.45, 7) is 2.13. The molecular weight excluding hydrogens is 731 g/mol. The maximum absolute atomic E-state index is 12.5. The van der Waals surface area contributed by atoms with Crippen LogP contribution in [0.25, 0.3) is 0 Å². The van der Waals surface area contributed by atoms with E-state index in [4.69, 9.17) is 19.1 Å². The Kier molecular flexibility index (Phi) is 38.7. The largest absolute Gasteiger partial charge is 0.472 e. The second kappa shape index (κ2) is 40.6. The minimum absolute atomic E-state index is 0.0516. The first-order chi connectivity index (χ1) is 27.2. The van der Waals surface area contributed by atoms with E-state index in [0.29, 0.717) is 12.8 Å². The molecule has 0 aromatic carbocycles. The first-order valence-corrected chi connectivity index (χ1v) is 22.9. The maximum Gasteiger partial charge on any atom is 0.472 e. The van der Waals surface area contributed by atoms with E-state index in [0.717, 1.165) is 51.4 Å². The lowest BCUT2D eigenvalue weighted by Crippen LogP contribution is -2.29. The number of aliphatic hydroxyl groups is 2. The van der Waals surface area contributed by atoms with E-state index in [1.165, 1.54) is 70.6 Å². The molecule has 3 unspecified atom stereocenters. The monoisotopic (exact) mass is 809 g/mol. The van der Waals surface area contributed by atoms with Gasteiger partial charge in [0.2, 0.25) is 0 Å². The van der Waals surface area contributed by atoms with Crippen LogP contribution >= 0.6 is 7.82 Å². The summed E-state index contributed by atoms with van der Waals surface area (Å²) < 4.78 is 32.5. The summed E-state index contributed by atoms with van der Waals surface area (Å²) in [4.78, 5) is 34.9. The smallest absolute Gasteiger partial charge is 0.462 e. The van der Waals surface area contributed by atoms with Crippen molar-refractivity contribution in [1.82, 2.24) is 0 Å². The highest BCUT2D eigenvalue weighted by molar-refractivity contribution is 7.47. The van der Waals surface area contributed by atoms with E-state index in [1.54, 1.807) is 6.08 Å². The van der Waals surface area contributed by atoms with Gasteiger partial charge >= 0.3 is 19.8 Å². The fraction of sp³-hybridized carbons (Fsp3) is 0.689. The van der Waals surface area contributed by atoms with Crippen LogP contribution < -0.4 is 0 Å². The van der Waals surface area contributed by atoms with Crippen LogP contribution in [-0.4, -0.2) is 65.7 Å².